The number of imide groups is 1. The van der Waals surface area contributed by atoms with E-state index in [-0.39, 0.29) is 40.4 Å². The lowest BCUT2D eigenvalue weighted by molar-refractivity contribution is -0.122. The van der Waals surface area contributed by atoms with Crippen molar-refractivity contribution in [2.45, 2.75) is 13.3 Å². The third kappa shape index (κ3) is 2.09. The Balaban J connectivity index is 2.48. The number of carboxylic acids is 1. The monoisotopic (exact) mass is 267 g/mol. The van der Waals surface area contributed by atoms with Crippen molar-refractivity contribution in [1.29, 1.82) is 0 Å². The summed E-state index contributed by atoms with van der Waals surface area (Å²) in [4.78, 5) is 35.4. The zero-order chi connectivity index (χ0) is 13.4. The van der Waals surface area contributed by atoms with Gasteiger partial charge in [0.1, 0.15) is 0 Å². The zero-order valence-electron chi connectivity index (χ0n) is 9.51. The lowest BCUT2D eigenvalue weighted by Gasteiger charge is -2.15. The molecule has 0 aliphatic carbocycles. The molecule has 1 atom stereocenters. The van der Waals surface area contributed by atoms with Gasteiger partial charge in [0.2, 0.25) is 11.8 Å². The fourth-order valence-electron chi connectivity index (χ4n) is 1.88. The zero-order valence-corrected chi connectivity index (χ0v) is 10.3. The summed E-state index contributed by atoms with van der Waals surface area (Å²) >= 11 is 5.79. The average molecular weight is 268 g/mol. The molecule has 0 saturated carbocycles. The van der Waals surface area contributed by atoms with Crippen molar-refractivity contribution in [1.82, 2.24) is 0 Å². The Morgan fingerprint density at radius 2 is 2.06 bits per heavy atom. The molecular weight excluding hydrogens is 258 g/mol. The smallest absolute Gasteiger partial charge is 0.335 e. The highest BCUT2D eigenvalue weighted by Crippen LogP contribution is 2.29. The molecule has 94 valence electrons. The molecule has 0 spiro atoms. The van der Waals surface area contributed by atoms with Crippen LogP contribution in [0.5, 0.6) is 0 Å². The van der Waals surface area contributed by atoms with Crippen LogP contribution in [0.15, 0.2) is 18.2 Å². The van der Waals surface area contributed by atoms with E-state index in [1.54, 1.807) is 6.92 Å². The largest absolute Gasteiger partial charge is 0.478 e. The van der Waals surface area contributed by atoms with Crippen molar-refractivity contribution in [3.63, 3.8) is 0 Å². The van der Waals surface area contributed by atoms with Crippen LogP contribution in [0, 0.1) is 5.92 Å². The van der Waals surface area contributed by atoms with Crippen molar-refractivity contribution in [3.8, 4) is 0 Å². The van der Waals surface area contributed by atoms with Crippen LogP contribution in [-0.4, -0.2) is 22.9 Å². The summed E-state index contributed by atoms with van der Waals surface area (Å²) < 4.78 is 0. The van der Waals surface area contributed by atoms with Crippen molar-refractivity contribution in [2.24, 2.45) is 5.92 Å². The van der Waals surface area contributed by atoms with Crippen LogP contribution in [0.3, 0.4) is 0 Å². The number of rotatable bonds is 2. The van der Waals surface area contributed by atoms with Crippen molar-refractivity contribution in [3.05, 3.63) is 28.8 Å². The lowest BCUT2D eigenvalue weighted by Crippen LogP contribution is -2.30. The van der Waals surface area contributed by atoms with Gasteiger partial charge in [0.15, 0.2) is 0 Å². The minimum absolute atomic E-state index is 0.0577. The van der Waals surface area contributed by atoms with E-state index in [1.807, 2.05) is 0 Å². The fourth-order valence-corrected chi connectivity index (χ4v) is 2.11. The molecule has 5 nitrogen and oxygen atoms in total. The average Bonchev–Trinajstić information content (AvgIpc) is 2.52. The van der Waals surface area contributed by atoms with Gasteiger partial charge in [-0.3, -0.25) is 14.5 Å². The second-order valence-corrected chi connectivity index (χ2v) is 4.61. The van der Waals surface area contributed by atoms with Crippen LogP contribution >= 0.6 is 11.6 Å². The first kappa shape index (κ1) is 12.6. The van der Waals surface area contributed by atoms with E-state index in [0.717, 1.165) is 4.90 Å². The third-order valence-electron chi connectivity index (χ3n) is 2.76. The Morgan fingerprint density at radius 3 is 2.56 bits per heavy atom. The van der Waals surface area contributed by atoms with E-state index >= 15 is 0 Å². The molecule has 1 aliphatic heterocycles. The maximum absolute atomic E-state index is 11.8. The second-order valence-electron chi connectivity index (χ2n) is 4.18. The molecule has 2 amide bonds. The number of anilines is 1. The fraction of sp³-hybridized carbons (Fsp3) is 0.250. The van der Waals surface area contributed by atoms with Crippen molar-refractivity contribution in [2.75, 3.05) is 4.90 Å². The maximum Gasteiger partial charge on any atom is 0.335 e. The molecule has 1 unspecified atom stereocenters. The van der Waals surface area contributed by atoms with Gasteiger partial charge in [-0.25, -0.2) is 4.79 Å². The highest BCUT2D eigenvalue weighted by molar-refractivity contribution is 6.31. The number of halogens is 1. The summed E-state index contributed by atoms with van der Waals surface area (Å²) in [6.45, 7) is 1.66. The quantitative estimate of drug-likeness (QED) is 0.831. The topological polar surface area (TPSA) is 74.7 Å². The van der Waals surface area contributed by atoms with Gasteiger partial charge in [-0.15, -0.1) is 0 Å². The molecule has 6 heteroatoms. The van der Waals surface area contributed by atoms with E-state index in [0.29, 0.717) is 0 Å². The summed E-state index contributed by atoms with van der Waals surface area (Å²) in [5.74, 6) is -2.22. The van der Waals surface area contributed by atoms with Crippen LogP contribution in [0.4, 0.5) is 5.69 Å². The SMILES string of the molecule is CC1CC(=O)N(c2cc(Cl)cc(C(=O)O)c2)C1=O. The highest BCUT2D eigenvalue weighted by atomic mass is 35.5. The summed E-state index contributed by atoms with van der Waals surface area (Å²) in [5.41, 5.74) is 0.150. The van der Waals surface area contributed by atoms with E-state index in [1.165, 1.54) is 18.2 Å². The van der Waals surface area contributed by atoms with Crippen LogP contribution in [-0.2, 0) is 9.59 Å². The molecule has 1 N–H and O–H groups in total. The Bertz CT molecular complexity index is 555. The molecule has 0 radical (unpaired) electrons. The minimum Gasteiger partial charge on any atom is -0.478 e. The molecule has 1 heterocycles. The molecule has 1 saturated heterocycles. The minimum atomic E-state index is -1.16. The standard InChI is InChI=1S/C12H10ClNO4/c1-6-2-10(15)14(11(6)16)9-4-7(12(17)18)3-8(13)5-9/h3-6H,2H2,1H3,(H,17,18). The lowest BCUT2D eigenvalue weighted by atomic mass is 10.1. The number of amides is 2. The van der Waals surface area contributed by atoms with E-state index in [2.05, 4.69) is 0 Å². The predicted octanol–water partition coefficient (Wildman–Crippen LogP) is 1.94. The van der Waals surface area contributed by atoms with Crippen molar-refractivity contribution < 1.29 is 19.5 Å². The molecule has 1 aliphatic rings. The molecule has 18 heavy (non-hydrogen) atoms. The second kappa shape index (κ2) is 4.42. The molecule has 0 bridgehead atoms. The van der Waals surface area contributed by atoms with Gasteiger partial charge in [-0.05, 0) is 18.2 Å². The van der Waals surface area contributed by atoms with Crippen LogP contribution in [0.25, 0.3) is 0 Å². The first-order valence-corrected chi connectivity index (χ1v) is 5.68. The third-order valence-corrected chi connectivity index (χ3v) is 2.98. The number of nitrogens with zero attached hydrogens (tertiary/aromatic N) is 1. The van der Waals surface area contributed by atoms with Gasteiger partial charge in [-0.2, -0.15) is 0 Å². The number of carbonyl (C=O) groups is 3. The van der Waals surface area contributed by atoms with Crippen LogP contribution < -0.4 is 4.90 Å². The number of carbonyl (C=O) groups excluding carboxylic acids is 2. The Kier molecular flexibility index (Phi) is 3.09. The Labute approximate surface area is 108 Å². The van der Waals surface area contributed by atoms with Crippen LogP contribution in [0.1, 0.15) is 23.7 Å². The highest BCUT2D eigenvalue weighted by Gasteiger charge is 2.36. The summed E-state index contributed by atoms with van der Waals surface area (Å²) in [6, 6.07) is 3.94. The van der Waals surface area contributed by atoms with Gasteiger partial charge in [-0.1, -0.05) is 18.5 Å². The van der Waals surface area contributed by atoms with E-state index in [4.69, 9.17) is 16.7 Å². The predicted molar refractivity (Wildman–Crippen MR) is 64.7 cm³/mol. The molecule has 0 aromatic heterocycles. The number of hydrogen-bond donors (Lipinski definition) is 1. The van der Waals surface area contributed by atoms with Gasteiger partial charge >= 0.3 is 5.97 Å². The van der Waals surface area contributed by atoms with Gasteiger partial charge in [0.05, 0.1) is 11.3 Å². The maximum atomic E-state index is 11.8. The van der Waals surface area contributed by atoms with Gasteiger partial charge in [0.25, 0.3) is 0 Å². The Morgan fingerprint density at radius 1 is 1.39 bits per heavy atom. The number of benzene rings is 1. The number of hydrogen-bond acceptors (Lipinski definition) is 3. The molecule has 1 aromatic rings. The van der Waals surface area contributed by atoms with E-state index in [9.17, 15) is 14.4 Å². The number of carboxylic acid groups (broad SMARTS) is 1. The number of aromatic carboxylic acids is 1. The molecule has 2 rings (SSSR count). The summed E-state index contributed by atoms with van der Waals surface area (Å²) in [6.07, 6.45) is 0.133. The first-order valence-electron chi connectivity index (χ1n) is 5.31. The normalized spacial score (nSPS) is 19.4. The van der Waals surface area contributed by atoms with Crippen LogP contribution in [0.2, 0.25) is 5.02 Å². The van der Waals surface area contributed by atoms with Gasteiger partial charge < -0.3 is 5.11 Å². The summed E-state index contributed by atoms with van der Waals surface area (Å²) in [5, 5.41) is 9.08. The Hall–Kier alpha value is -1.88. The molecule has 1 aromatic carbocycles. The van der Waals surface area contributed by atoms with E-state index < -0.39 is 5.97 Å². The van der Waals surface area contributed by atoms with Gasteiger partial charge in [0, 0.05) is 17.4 Å². The summed E-state index contributed by atoms with van der Waals surface area (Å²) in [7, 11) is 0. The molecule has 1 fully saturated rings. The van der Waals surface area contributed by atoms with Crippen molar-refractivity contribution >= 4 is 35.1 Å². The first-order chi connectivity index (χ1) is 8.40. The molecular formula is C12H10ClNO4.